The predicted molar refractivity (Wildman–Crippen MR) is 289 cm³/mol. The second kappa shape index (κ2) is 14.2. The largest absolute Gasteiger partial charge is 0.456 e. The standard InChI is InChI=1S/C64H36OSSi/c1-3-20-42-40(18-1)58(41-19-2-4-21-43(41)61(42)52-30-14-27-49-39-17-10-12-33-57(39)67-64(49)52)37-34-35-54-53(36-37)62-50(28-15-31-55(62)65-54)59-44-22-5-7-24-46(44)60(47-25-8-6-23-45(47)59)51-29-13-26-48-38-16-9-11-32-56(38)66-63(48)51/h1-36H. The molecule has 308 valence electrons. The number of benzene rings is 12. The van der Waals surface area contributed by atoms with Gasteiger partial charge in [-0.15, -0.1) is 11.3 Å². The van der Waals surface area contributed by atoms with Crippen molar-refractivity contribution in [3.8, 4) is 55.6 Å². The van der Waals surface area contributed by atoms with E-state index in [-0.39, 0.29) is 0 Å². The van der Waals surface area contributed by atoms with Gasteiger partial charge in [0.1, 0.15) is 20.7 Å². The van der Waals surface area contributed by atoms with Gasteiger partial charge in [0, 0.05) is 36.5 Å². The van der Waals surface area contributed by atoms with Gasteiger partial charge in [-0.1, -0.05) is 199 Å². The number of hydrogen-bond acceptors (Lipinski definition) is 2. The van der Waals surface area contributed by atoms with E-state index < -0.39 is 0 Å². The summed E-state index contributed by atoms with van der Waals surface area (Å²) in [6, 6.07) is 81.1. The zero-order valence-corrected chi connectivity index (χ0v) is 37.9. The molecule has 0 spiro atoms. The third kappa shape index (κ3) is 5.30. The van der Waals surface area contributed by atoms with E-state index in [4.69, 9.17) is 4.42 Å². The first-order valence-electron chi connectivity index (χ1n) is 23.0. The fourth-order valence-corrected chi connectivity index (χ4v) is 14.4. The first kappa shape index (κ1) is 37.2. The summed E-state index contributed by atoms with van der Waals surface area (Å²) in [5.74, 6) is 0. The van der Waals surface area contributed by atoms with Crippen LogP contribution in [0.3, 0.4) is 0 Å². The van der Waals surface area contributed by atoms with Gasteiger partial charge in [0.25, 0.3) is 0 Å². The highest BCUT2D eigenvalue weighted by atomic mass is 32.1. The Kier molecular flexibility index (Phi) is 7.88. The fourth-order valence-electron chi connectivity index (χ4n) is 11.7. The predicted octanol–water partition coefficient (Wildman–Crippen LogP) is 16.9. The Morgan fingerprint density at radius 2 is 0.791 bits per heavy atom. The highest BCUT2D eigenvalue weighted by Crippen LogP contribution is 2.51. The Morgan fingerprint density at radius 1 is 0.313 bits per heavy atom. The lowest BCUT2D eigenvalue weighted by Gasteiger charge is -2.19. The van der Waals surface area contributed by atoms with Crippen LogP contribution < -0.4 is 10.4 Å². The van der Waals surface area contributed by atoms with Crippen LogP contribution in [0.5, 0.6) is 0 Å². The maximum Gasteiger partial charge on any atom is 0.136 e. The van der Waals surface area contributed by atoms with Gasteiger partial charge in [-0.2, -0.15) is 0 Å². The van der Waals surface area contributed by atoms with E-state index in [9.17, 15) is 0 Å². The molecular formula is C64H36OSSi. The van der Waals surface area contributed by atoms with Crippen LogP contribution in [0.1, 0.15) is 0 Å². The van der Waals surface area contributed by atoms with Crippen LogP contribution in [0, 0.1) is 0 Å². The Morgan fingerprint density at radius 3 is 1.48 bits per heavy atom. The van der Waals surface area contributed by atoms with Crippen molar-refractivity contribution in [3.05, 3.63) is 218 Å². The Bertz CT molecular complexity index is 4320. The minimum absolute atomic E-state index is 0.620. The fraction of sp³-hybridized carbons (Fsp3) is 0. The van der Waals surface area contributed by atoms with Gasteiger partial charge in [-0.3, -0.25) is 0 Å². The van der Waals surface area contributed by atoms with Crippen LogP contribution in [0.4, 0.5) is 0 Å². The molecule has 0 fully saturated rings. The molecule has 2 radical (unpaired) electrons. The Labute approximate surface area is 392 Å². The highest BCUT2D eigenvalue weighted by molar-refractivity contribution is 7.26. The number of furan rings is 1. The summed E-state index contributed by atoms with van der Waals surface area (Å²) >= 11 is 1.90. The van der Waals surface area contributed by atoms with Crippen molar-refractivity contribution in [1.29, 1.82) is 0 Å². The van der Waals surface area contributed by atoms with E-state index in [1.165, 1.54) is 129 Å². The molecule has 2 aromatic heterocycles. The molecule has 1 aliphatic rings. The maximum absolute atomic E-state index is 6.82. The second-order valence-electron chi connectivity index (χ2n) is 17.9. The Hall–Kier alpha value is -8.08. The second-order valence-corrected chi connectivity index (χ2v) is 20.2. The first-order valence-corrected chi connectivity index (χ1v) is 24.8. The Balaban J connectivity index is 0.980. The lowest BCUT2D eigenvalue weighted by Crippen LogP contribution is -2.22. The quantitative estimate of drug-likeness (QED) is 0.127. The molecule has 0 bridgehead atoms. The van der Waals surface area contributed by atoms with Crippen LogP contribution >= 0.6 is 11.3 Å². The van der Waals surface area contributed by atoms with Crippen LogP contribution in [0.2, 0.25) is 0 Å². The molecular weight excluding hydrogens is 845 g/mol. The number of rotatable bonds is 4. The summed E-state index contributed by atoms with van der Waals surface area (Å²) in [5.41, 5.74) is 14.6. The van der Waals surface area contributed by atoms with Crippen LogP contribution in [0.15, 0.2) is 223 Å². The molecule has 0 unspecified atom stereocenters. The topological polar surface area (TPSA) is 13.1 Å². The third-order valence-corrected chi connectivity index (χ3v) is 17.1. The summed E-state index contributed by atoms with van der Waals surface area (Å²) < 4.78 is 9.47. The molecule has 0 atom stereocenters. The molecule has 3 heterocycles. The lowest BCUT2D eigenvalue weighted by atomic mass is 9.84. The molecule has 1 aliphatic heterocycles. The van der Waals surface area contributed by atoms with E-state index >= 15 is 0 Å². The summed E-state index contributed by atoms with van der Waals surface area (Å²) in [6.07, 6.45) is 0. The van der Waals surface area contributed by atoms with Crippen LogP contribution in [-0.2, 0) is 0 Å². The molecule has 0 saturated heterocycles. The molecule has 3 heteroatoms. The van der Waals surface area contributed by atoms with Crippen molar-refractivity contribution >= 4 is 116 Å². The van der Waals surface area contributed by atoms with Gasteiger partial charge in [-0.25, -0.2) is 0 Å². The smallest absolute Gasteiger partial charge is 0.136 e. The van der Waals surface area contributed by atoms with Crippen molar-refractivity contribution in [2.45, 2.75) is 0 Å². The number of hydrogen-bond donors (Lipinski definition) is 0. The van der Waals surface area contributed by atoms with Crippen molar-refractivity contribution in [3.63, 3.8) is 0 Å². The van der Waals surface area contributed by atoms with E-state index in [0.29, 0.717) is 9.52 Å². The molecule has 15 rings (SSSR count). The molecule has 1 nitrogen and oxygen atoms in total. The maximum atomic E-state index is 6.82. The minimum atomic E-state index is 0.620. The minimum Gasteiger partial charge on any atom is -0.456 e. The zero-order valence-electron chi connectivity index (χ0n) is 36.1. The molecule has 14 aromatic rings. The van der Waals surface area contributed by atoms with Crippen molar-refractivity contribution in [1.82, 2.24) is 0 Å². The SMILES string of the molecule is c1ccc2c(c1)[Si]c1c-2cccc1-c1c2ccccc2c(-c2ccc3oc4cccc(-c5c6ccccc6c(-c6cccc7c6sc6ccccc67)c6ccccc56)c4c3c2)c2ccccc12. The van der Waals surface area contributed by atoms with E-state index in [1.807, 2.05) is 11.3 Å². The zero-order chi connectivity index (χ0) is 43.7. The summed E-state index contributed by atoms with van der Waals surface area (Å²) in [6.45, 7) is 0. The first-order chi connectivity index (χ1) is 33.3. The molecule has 67 heavy (non-hydrogen) atoms. The normalized spacial score (nSPS) is 12.4. The summed E-state index contributed by atoms with van der Waals surface area (Å²) in [7, 11) is 0.620. The van der Waals surface area contributed by atoms with Crippen molar-refractivity contribution < 1.29 is 4.42 Å². The summed E-state index contributed by atoms with van der Waals surface area (Å²) in [5, 5.41) is 17.8. The van der Waals surface area contributed by atoms with Crippen molar-refractivity contribution in [2.24, 2.45) is 0 Å². The lowest BCUT2D eigenvalue weighted by molar-refractivity contribution is 0.669. The van der Waals surface area contributed by atoms with Gasteiger partial charge in [0.05, 0.1) is 0 Å². The molecule has 0 saturated carbocycles. The average molecular weight is 881 g/mol. The molecule has 0 N–H and O–H groups in total. The van der Waals surface area contributed by atoms with Gasteiger partial charge in [-0.05, 0) is 123 Å². The van der Waals surface area contributed by atoms with Crippen LogP contribution in [0.25, 0.3) is 141 Å². The molecule has 0 aliphatic carbocycles. The van der Waals surface area contributed by atoms with E-state index in [0.717, 1.165) is 21.9 Å². The summed E-state index contributed by atoms with van der Waals surface area (Å²) in [4.78, 5) is 0. The molecule has 12 aromatic carbocycles. The highest BCUT2D eigenvalue weighted by Gasteiger charge is 2.26. The van der Waals surface area contributed by atoms with E-state index in [2.05, 4.69) is 218 Å². The number of fused-ring (bicyclic) bond motifs is 13. The van der Waals surface area contributed by atoms with Gasteiger partial charge < -0.3 is 4.42 Å². The monoisotopic (exact) mass is 880 g/mol. The number of thiophene rings is 1. The third-order valence-electron chi connectivity index (χ3n) is 14.4. The van der Waals surface area contributed by atoms with Gasteiger partial charge >= 0.3 is 0 Å². The van der Waals surface area contributed by atoms with E-state index in [1.54, 1.807) is 0 Å². The van der Waals surface area contributed by atoms with Gasteiger partial charge in [0.2, 0.25) is 0 Å². The molecule has 0 amide bonds. The van der Waals surface area contributed by atoms with Gasteiger partial charge in [0.15, 0.2) is 0 Å². The average Bonchev–Trinajstić information content (AvgIpc) is 4.09. The van der Waals surface area contributed by atoms with Crippen LogP contribution in [-0.4, -0.2) is 9.52 Å². The van der Waals surface area contributed by atoms with Crippen molar-refractivity contribution in [2.75, 3.05) is 0 Å².